The lowest BCUT2D eigenvalue weighted by Crippen LogP contribution is -1.90. The minimum atomic E-state index is 0.454. The molecule has 1 radical (unpaired) electrons. The van der Waals surface area contributed by atoms with E-state index >= 15 is 0 Å². The van der Waals surface area contributed by atoms with Crippen LogP contribution in [0.4, 0.5) is 0 Å². The van der Waals surface area contributed by atoms with Crippen molar-refractivity contribution in [2.45, 2.75) is 0 Å². The third-order valence-corrected chi connectivity index (χ3v) is 1.60. The van der Waals surface area contributed by atoms with E-state index in [1.807, 2.05) is 6.07 Å². The Morgan fingerprint density at radius 3 is 2.58 bits per heavy atom. The van der Waals surface area contributed by atoms with Crippen LogP contribution in [0.3, 0.4) is 0 Å². The summed E-state index contributed by atoms with van der Waals surface area (Å²) in [6.07, 6.45) is 1.59. The van der Waals surface area contributed by atoms with Crippen LogP contribution in [0.25, 0.3) is 6.08 Å². The lowest BCUT2D eigenvalue weighted by Gasteiger charge is -2.01. The van der Waals surface area contributed by atoms with Crippen molar-refractivity contribution in [2.75, 3.05) is 0 Å². The van der Waals surface area contributed by atoms with E-state index in [2.05, 4.69) is 6.58 Å². The molecule has 0 bridgehead atoms. The van der Waals surface area contributed by atoms with E-state index in [4.69, 9.17) is 10.4 Å². The minimum Gasteiger partial charge on any atom is -0.385 e. The van der Waals surface area contributed by atoms with Crippen LogP contribution in [0.1, 0.15) is 16.7 Å². The molecule has 1 rings (SSSR count). The van der Waals surface area contributed by atoms with Gasteiger partial charge in [0.05, 0.1) is 5.56 Å². The monoisotopic (exact) mass is 158 g/mol. The number of hydrogen-bond donors (Lipinski definition) is 1. The molecule has 0 amide bonds. The summed E-state index contributed by atoms with van der Waals surface area (Å²) in [4.78, 5) is 0. The van der Waals surface area contributed by atoms with Crippen molar-refractivity contribution in [3.05, 3.63) is 48.1 Å². The SMILES string of the molecule is C=Cc1cccc([CH]O)c1C#N. The Kier molecular flexibility index (Phi) is 2.62. The van der Waals surface area contributed by atoms with E-state index in [0.717, 1.165) is 12.2 Å². The molecule has 0 saturated carbocycles. The second kappa shape index (κ2) is 3.70. The highest BCUT2D eigenvalue weighted by molar-refractivity contribution is 5.60. The summed E-state index contributed by atoms with van der Waals surface area (Å²) in [7, 11) is 0. The molecule has 0 aromatic heterocycles. The predicted molar refractivity (Wildman–Crippen MR) is 46.6 cm³/mol. The highest BCUT2D eigenvalue weighted by atomic mass is 16.3. The topological polar surface area (TPSA) is 44.0 Å². The molecule has 0 aliphatic rings. The number of nitriles is 1. The summed E-state index contributed by atoms with van der Waals surface area (Å²) < 4.78 is 0. The number of benzene rings is 1. The third kappa shape index (κ3) is 1.36. The van der Waals surface area contributed by atoms with Crippen LogP contribution in [0.15, 0.2) is 24.8 Å². The summed E-state index contributed by atoms with van der Waals surface area (Å²) in [5.41, 5.74) is 1.71. The first kappa shape index (κ1) is 8.51. The summed E-state index contributed by atoms with van der Waals surface area (Å²) in [6.45, 7) is 4.49. The van der Waals surface area contributed by atoms with Gasteiger partial charge in [0.25, 0.3) is 0 Å². The molecular formula is C10H8NO. The Balaban J connectivity index is 3.34. The van der Waals surface area contributed by atoms with Gasteiger partial charge in [-0.3, -0.25) is 0 Å². The maximum Gasteiger partial charge on any atom is 0.110 e. The Morgan fingerprint density at radius 2 is 2.08 bits per heavy atom. The van der Waals surface area contributed by atoms with Gasteiger partial charge in [0.1, 0.15) is 12.7 Å². The standard InChI is InChI=1S/C10H8NO/c1-2-8-4-3-5-9(7-12)10(8)6-11/h2-5,7,12H,1H2. The van der Waals surface area contributed by atoms with Crippen LogP contribution < -0.4 is 0 Å². The van der Waals surface area contributed by atoms with E-state index in [-0.39, 0.29) is 0 Å². The largest absolute Gasteiger partial charge is 0.385 e. The van der Waals surface area contributed by atoms with Gasteiger partial charge in [0.15, 0.2) is 0 Å². The molecule has 0 spiro atoms. The number of aliphatic hydroxyl groups is 1. The second-order valence-corrected chi connectivity index (χ2v) is 2.26. The average molecular weight is 158 g/mol. The number of aliphatic hydroxyl groups excluding tert-OH is 1. The first-order chi connectivity index (χ1) is 5.83. The van der Waals surface area contributed by atoms with Crippen molar-refractivity contribution in [2.24, 2.45) is 0 Å². The molecule has 0 heterocycles. The molecule has 0 aliphatic heterocycles. The molecule has 2 nitrogen and oxygen atoms in total. The maximum absolute atomic E-state index is 8.76. The Morgan fingerprint density at radius 1 is 1.42 bits per heavy atom. The van der Waals surface area contributed by atoms with Gasteiger partial charge in [-0.05, 0) is 5.56 Å². The molecule has 59 valence electrons. The molecule has 2 heteroatoms. The van der Waals surface area contributed by atoms with Gasteiger partial charge in [0, 0.05) is 5.56 Å². The second-order valence-electron chi connectivity index (χ2n) is 2.26. The van der Waals surface area contributed by atoms with E-state index in [9.17, 15) is 0 Å². The van der Waals surface area contributed by atoms with Crippen LogP contribution in [0.5, 0.6) is 0 Å². The van der Waals surface area contributed by atoms with Gasteiger partial charge in [-0.15, -0.1) is 0 Å². The first-order valence-electron chi connectivity index (χ1n) is 3.46. The van der Waals surface area contributed by atoms with Crippen LogP contribution in [-0.2, 0) is 0 Å². The molecular weight excluding hydrogens is 150 g/mol. The van der Waals surface area contributed by atoms with Crippen LogP contribution in [0, 0.1) is 17.9 Å². The third-order valence-electron chi connectivity index (χ3n) is 1.60. The molecule has 1 aromatic rings. The van der Waals surface area contributed by atoms with Gasteiger partial charge >= 0.3 is 0 Å². The molecule has 0 saturated heterocycles. The summed E-state index contributed by atoms with van der Waals surface area (Å²) in [6, 6.07) is 7.22. The van der Waals surface area contributed by atoms with Crippen LogP contribution in [0.2, 0.25) is 0 Å². The van der Waals surface area contributed by atoms with Crippen LogP contribution in [-0.4, -0.2) is 5.11 Å². The van der Waals surface area contributed by atoms with Crippen molar-refractivity contribution >= 4 is 6.08 Å². The zero-order chi connectivity index (χ0) is 8.97. The predicted octanol–water partition coefficient (Wildman–Crippen LogP) is 2.08. The highest BCUT2D eigenvalue weighted by Gasteiger charge is 2.03. The molecule has 0 unspecified atom stereocenters. The zero-order valence-electron chi connectivity index (χ0n) is 6.49. The summed E-state index contributed by atoms with van der Waals surface area (Å²) in [5.74, 6) is 0. The number of rotatable bonds is 2. The number of hydrogen-bond acceptors (Lipinski definition) is 2. The van der Waals surface area contributed by atoms with Gasteiger partial charge in [-0.25, -0.2) is 0 Å². The number of nitrogens with zero attached hydrogens (tertiary/aromatic N) is 1. The normalized spacial score (nSPS) is 9.00. The summed E-state index contributed by atoms with van der Waals surface area (Å²) in [5, 5.41) is 17.5. The molecule has 0 aliphatic carbocycles. The van der Waals surface area contributed by atoms with E-state index in [1.165, 1.54) is 0 Å². The van der Waals surface area contributed by atoms with Crippen molar-refractivity contribution < 1.29 is 5.11 Å². The minimum absolute atomic E-state index is 0.454. The Bertz CT molecular complexity index is 336. The Hall–Kier alpha value is -1.59. The highest BCUT2D eigenvalue weighted by Crippen LogP contribution is 2.15. The van der Waals surface area contributed by atoms with Crippen molar-refractivity contribution in [3.63, 3.8) is 0 Å². The fraction of sp³-hybridized carbons (Fsp3) is 0. The fourth-order valence-corrected chi connectivity index (χ4v) is 0.996. The fourth-order valence-electron chi connectivity index (χ4n) is 0.996. The zero-order valence-corrected chi connectivity index (χ0v) is 6.49. The van der Waals surface area contributed by atoms with Gasteiger partial charge in [0.2, 0.25) is 0 Å². The average Bonchev–Trinajstić information content (AvgIpc) is 2.16. The first-order valence-corrected chi connectivity index (χ1v) is 3.46. The van der Waals surface area contributed by atoms with E-state index < -0.39 is 0 Å². The van der Waals surface area contributed by atoms with E-state index in [1.54, 1.807) is 24.3 Å². The van der Waals surface area contributed by atoms with Gasteiger partial charge in [-0.1, -0.05) is 30.9 Å². The molecule has 1 aromatic carbocycles. The van der Waals surface area contributed by atoms with Crippen molar-refractivity contribution in [3.8, 4) is 6.07 Å². The van der Waals surface area contributed by atoms with Crippen LogP contribution >= 0.6 is 0 Å². The van der Waals surface area contributed by atoms with Crippen molar-refractivity contribution in [1.82, 2.24) is 0 Å². The lowest BCUT2D eigenvalue weighted by atomic mass is 10.0. The molecule has 12 heavy (non-hydrogen) atoms. The Labute approximate surface area is 71.4 Å². The van der Waals surface area contributed by atoms with E-state index in [0.29, 0.717) is 11.1 Å². The van der Waals surface area contributed by atoms with Gasteiger partial charge < -0.3 is 5.11 Å². The van der Waals surface area contributed by atoms with Crippen molar-refractivity contribution in [1.29, 1.82) is 5.26 Å². The van der Waals surface area contributed by atoms with Gasteiger partial charge in [-0.2, -0.15) is 5.26 Å². The summed E-state index contributed by atoms with van der Waals surface area (Å²) >= 11 is 0. The molecule has 0 atom stereocenters. The maximum atomic E-state index is 8.76. The molecule has 1 N–H and O–H groups in total. The quantitative estimate of drug-likeness (QED) is 0.716. The smallest absolute Gasteiger partial charge is 0.110 e. The lowest BCUT2D eigenvalue weighted by molar-refractivity contribution is 0.414. The molecule has 0 fully saturated rings.